The van der Waals surface area contributed by atoms with Crippen molar-refractivity contribution in [3.05, 3.63) is 97.0 Å². The number of rotatable bonds is 1. The lowest BCUT2D eigenvalue weighted by Gasteiger charge is -2.06. The first-order valence-corrected chi connectivity index (χ1v) is 7.91. The largest absolute Gasteiger partial charge is 0.416 e. The highest BCUT2D eigenvalue weighted by Gasteiger charge is 2.30. The molecule has 0 aliphatic carbocycles. The van der Waals surface area contributed by atoms with E-state index in [1.165, 1.54) is 29.7 Å². The van der Waals surface area contributed by atoms with Gasteiger partial charge in [-0.3, -0.25) is 0 Å². The van der Waals surface area contributed by atoms with E-state index in [-0.39, 0.29) is 0 Å². The third-order valence-corrected chi connectivity index (χ3v) is 3.71. The summed E-state index contributed by atoms with van der Waals surface area (Å²) in [5.74, 6) is 0. The number of hydrogen-bond donors (Lipinski definition) is 0. The first kappa shape index (κ1) is 17.6. The smallest absolute Gasteiger partial charge is 0.244 e. The maximum absolute atomic E-state index is 12.3. The average molecular weight is 352 g/mol. The summed E-state index contributed by atoms with van der Waals surface area (Å²) in [4.78, 5) is 7.48. The number of alkyl halides is 3. The van der Waals surface area contributed by atoms with Crippen molar-refractivity contribution in [3.8, 4) is 11.1 Å². The third-order valence-electron chi connectivity index (χ3n) is 3.71. The average Bonchev–Trinajstić information content (AvgIpc) is 2.69. The van der Waals surface area contributed by atoms with Gasteiger partial charge in [-0.15, -0.1) is 0 Å². The molecule has 0 radical (unpaired) electrons. The van der Waals surface area contributed by atoms with Crippen LogP contribution in [-0.4, -0.2) is 9.97 Å². The molecule has 1 aromatic heterocycles. The molecule has 0 N–H and O–H groups in total. The van der Waals surface area contributed by atoms with Gasteiger partial charge in [0.05, 0.1) is 11.1 Å². The standard InChI is InChI=1S/C12H10.C9H5F3N2/c1-3-7-11(8-4-1)12-9-5-2-6-10-12;10-9(11,12)7-1-2-8-6(3-7)4-13-5-14-8/h1-10H;1-5H. The second kappa shape index (κ2) is 7.78. The molecule has 0 bridgehead atoms. The van der Waals surface area contributed by atoms with E-state index in [0.29, 0.717) is 10.9 Å². The molecular weight excluding hydrogens is 337 g/mol. The molecule has 2 nitrogen and oxygen atoms in total. The van der Waals surface area contributed by atoms with Crippen LogP contribution in [0, 0.1) is 0 Å². The van der Waals surface area contributed by atoms with Crippen LogP contribution in [0.5, 0.6) is 0 Å². The number of hydrogen-bond acceptors (Lipinski definition) is 2. The molecule has 0 spiro atoms. The molecule has 0 aliphatic heterocycles. The predicted octanol–water partition coefficient (Wildman–Crippen LogP) is 6.00. The zero-order valence-electron chi connectivity index (χ0n) is 13.7. The highest BCUT2D eigenvalue weighted by atomic mass is 19.4. The Kier molecular flexibility index (Phi) is 5.27. The van der Waals surface area contributed by atoms with Crippen molar-refractivity contribution < 1.29 is 13.2 Å². The Balaban J connectivity index is 0.000000152. The van der Waals surface area contributed by atoms with Gasteiger partial charge in [-0.1, -0.05) is 60.7 Å². The lowest BCUT2D eigenvalue weighted by molar-refractivity contribution is -0.137. The molecule has 1 heterocycles. The summed E-state index contributed by atoms with van der Waals surface area (Å²) in [5, 5.41) is 0.391. The zero-order valence-corrected chi connectivity index (χ0v) is 13.7. The van der Waals surface area contributed by atoms with Crippen LogP contribution in [-0.2, 0) is 6.18 Å². The van der Waals surface area contributed by atoms with Crippen molar-refractivity contribution in [1.82, 2.24) is 9.97 Å². The van der Waals surface area contributed by atoms with E-state index in [9.17, 15) is 13.2 Å². The number of nitrogens with zero attached hydrogens (tertiary/aromatic N) is 2. The number of halogens is 3. The first-order valence-electron chi connectivity index (χ1n) is 7.91. The molecule has 26 heavy (non-hydrogen) atoms. The van der Waals surface area contributed by atoms with Crippen LogP contribution in [0.25, 0.3) is 22.0 Å². The molecule has 4 rings (SSSR count). The van der Waals surface area contributed by atoms with Gasteiger partial charge < -0.3 is 0 Å². The minimum atomic E-state index is -4.32. The zero-order chi connectivity index (χ0) is 18.4. The number of benzene rings is 3. The minimum Gasteiger partial charge on any atom is -0.244 e. The Bertz CT molecular complexity index is 931. The Labute approximate surface area is 149 Å². The monoisotopic (exact) mass is 352 g/mol. The molecule has 0 saturated carbocycles. The van der Waals surface area contributed by atoms with Gasteiger partial charge in [0.2, 0.25) is 0 Å². The fraction of sp³-hybridized carbons (Fsp3) is 0.0476. The van der Waals surface area contributed by atoms with Gasteiger partial charge in [-0.2, -0.15) is 13.2 Å². The van der Waals surface area contributed by atoms with Crippen LogP contribution in [0.2, 0.25) is 0 Å². The SMILES string of the molecule is FC(F)(F)c1ccc2ncncc2c1.c1ccc(-c2ccccc2)cc1. The van der Waals surface area contributed by atoms with E-state index in [2.05, 4.69) is 58.5 Å². The molecular formula is C21H15F3N2. The first-order chi connectivity index (χ1) is 12.5. The van der Waals surface area contributed by atoms with Crippen molar-refractivity contribution in [2.45, 2.75) is 6.18 Å². The maximum atomic E-state index is 12.3. The Morgan fingerprint density at radius 3 is 1.81 bits per heavy atom. The molecule has 130 valence electrons. The summed E-state index contributed by atoms with van der Waals surface area (Å²) < 4.78 is 36.8. The minimum absolute atomic E-state index is 0.391. The maximum Gasteiger partial charge on any atom is 0.416 e. The molecule has 4 aromatic rings. The van der Waals surface area contributed by atoms with Crippen LogP contribution in [0.1, 0.15) is 5.56 Å². The molecule has 0 unspecified atom stereocenters. The summed E-state index contributed by atoms with van der Waals surface area (Å²) >= 11 is 0. The van der Waals surface area contributed by atoms with Crippen molar-refractivity contribution in [3.63, 3.8) is 0 Å². The molecule has 0 fully saturated rings. The molecule has 0 aliphatic rings. The highest BCUT2D eigenvalue weighted by Crippen LogP contribution is 2.30. The molecule has 0 saturated heterocycles. The quantitative estimate of drug-likeness (QED) is 0.420. The summed E-state index contributed by atoms with van der Waals surface area (Å²) in [7, 11) is 0. The van der Waals surface area contributed by atoms with E-state index >= 15 is 0 Å². The lowest BCUT2D eigenvalue weighted by atomic mass is 10.1. The van der Waals surface area contributed by atoms with Crippen molar-refractivity contribution >= 4 is 10.9 Å². The van der Waals surface area contributed by atoms with Crippen molar-refractivity contribution in [2.75, 3.05) is 0 Å². The number of fused-ring (bicyclic) bond motifs is 1. The lowest BCUT2D eigenvalue weighted by Crippen LogP contribution is -2.04. The van der Waals surface area contributed by atoms with Gasteiger partial charge in [0, 0.05) is 11.6 Å². The van der Waals surface area contributed by atoms with Crippen LogP contribution in [0.15, 0.2) is 91.4 Å². The van der Waals surface area contributed by atoms with Crippen LogP contribution >= 0.6 is 0 Å². The van der Waals surface area contributed by atoms with Gasteiger partial charge in [-0.25, -0.2) is 9.97 Å². The molecule has 5 heteroatoms. The summed E-state index contributed by atoms with van der Waals surface area (Å²) in [6, 6.07) is 24.2. The van der Waals surface area contributed by atoms with E-state index in [4.69, 9.17) is 0 Å². The van der Waals surface area contributed by atoms with Gasteiger partial charge in [-0.05, 0) is 29.3 Å². The highest BCUT2D eigenvalue weighted by molar-refractivity contribution is 5.78. The normalized spacial score (nSPS) is 10.9. The molecule has 0 amide bonds. The fourth-order valence-corrected chi connectivity index (χ4v) is 2.42. The van der Waals surface area contributed by atoms with Crippen molar-refractivity contribution in [1.29, 1.82) is 0 Å². The van der Waals surface area contributed by atoms with E-state index in [1.807, 2.05) is 12.1 Å². The summed E-state index contributed by atoms with van der Waals surface area (Å²) in [6.07, 6.45) is -1.66. The van der Waals surface area contributed by atoms with Crippen LogP contribution < -0.4 is 0 Å². The Morgan fingerprint density at radius 2 is 1.27 bits per heavy atom. The Morgan fingerprint density at radius 1 is 0.692 bits per heavy atom. The van der Waals surface area contributed by atoms with Gasteiger partial charge >= 0.3 is 6.18 Å². The topological polar surface area (TPSA) is 25.8 Å². The van der Waals surface area contributed by atoms with Crippen LogP contribution in [0.3, 0.4) is 0 Å². The summed E-state index contributed by atoms with van der Waals surface area (Å²) in [5.41, 5.74) is 2.38. The predicted molar refractivity (Wildman–Crippen MR) is 96.4 cm³/mol. The summed E-state index contributed by atoms with van der Waals surface area (Å²) in [6.45, 7) is 0. The second-order valence-electron chi connectivity index (χ2n) is 5.53. The molecule has 3 aromatic carbocycles. The second-order valence-corrected chi connectivity index (χ2v) is 5.53. The number of aromatic nitrogens is 2. The van der Waals surface area contributed by atoms with Gasteiger partial charge in [0.1, 0.15) is 6.33 Å². The van der Waals surface area contributed by atoms with Crippen molar-refractivity contribution in [2.24, 2.45) is 0 Å². The van der Waals surface area contributed by atoms with E-state index in [1.54, 1.807) is 0 Å². The van der Waals surface area contributed by atoms with Gasteiger partial charge in [0.25, 0.3) is 0 Å². The van der Waals surface area contributed by atoms with E-state index in [0.717, 1.165) is 12.1 Å². The fourth-order valence-electron chi connectivity index (χ4n) is 2.42. The Hall–Kier alpha value is -3.21. The third kappa shape index (κ3) is 4.45. The van der Waals surface area contributed by atoms with Crippen LogP contribution in [0.4, 0.5) is 13.2 Å². The van der Waals surface area contributed by atoms with Gasteiger partial charge in [0.15, 0.2) is 0 Å². The molecule has 0 atom stereocenters. The van der Waals surface area contributed by atoms with E-state index < -0.39 is 11.7 Å².